The van der Waals surface area contributed by atoms with E-state index in [0.717, 1.165) is 14.5 Å². The van der Waals surface area contributed by atoms with Gasteiger partial charge in [0.2, 0.25) is 5.82 Å². The van der Waals surface area contributed by atoms with Crippen molar-refractivity contribution in [3.05, 3.63) is 86.2 Å². The molecule has 5 aromatic rings. The van der Waals surface area contributed by atoms with Crippen molar-refractivity contribution in [1.82, 2.24) is 9.66 Å². The highest BCUT2D eigenvalue weighted by Crippen LogP contribution is 2.34. The molecule has 2 heterocycles. The molecule has 0 radical (unpaired) electrons. The SMILES string of the molecule is COc1cc(C=Nn2c(-c3cc4ccccc4o3)nc3ccccc3c2=O)cc(I)c1OC(C)C. The Balaban J connectivity index is 1.66. The Kier molecular flexibility index (Phi) is 6.29. The van der Waals surface area contributed by atoms with Gasteiger partial charge in [0.1, 0.15) is 5.58 Å². The minimum absolute atomic E-state index is 0.00514. The van der Waals surface area contributed by atoms with Gasteiger partial charge in [-0.3, -0.25) is 4.79 Å². The maximum atomic E-state index is 13.4. The molecule has 0 N–H and O–H groups in total. The fourth-order valence-electron chi connectivity index (χ4n) is 3.77. The minimum Gasteiger partial charge on any atom is -0.493 e. The van der Waals surface area contributed by atoms with Gasteiger partial charge in [-0.05, 0) is 78.4 Å². The van der Waals surface area contributed by atoms with Crippen molar-refractivity contribution in [3.63, 3.8) is 0 Å². The maximum Gasteiger partial charge on any atom is 0.282 e. The number of nitrogens with zero attached hydrogens (tertiary/aromatic N) is 3. The summed E-state index contributed by atoms with van der Waals surface area (Å²) in [6, 6.07) is 20.5. The van der Waals surface area contributed by atoms with Gasteiger partial charge in [-0.25, -0.2) is 4.98 Å². The van der Waals surface area contributed by atoms with Crippen LogP contribution in [0.1, 0.15) is 19.4 Å². The number of ether oxygens (including phenoxy) is 2. The quantitative estimate of drug-likeness (QED) is 0.180. The Labute approximate surface area is 215 Å². The molecule has 0 spiro atoms. The zero-order valence-corrected chi connectivity index (χ0v) is 21.5. The summed E-state index contributed by atoms with van der Waals surface area (Å²) in [6.45, 7) is 3.92. The fraction of sp³-hybridized carbons (Fsp3) is 0.148. The molecule has 3 aromatic carbocycles. The molecule has 0 saturated carbocycles. The molecule has 0 fully saturated rings. The third kappa shape index (κ3) is 4.53. The van der Waals surface area contributed by atoms with E-state index in [1.54, 1.807) is 31.5 Å². The lowest BCUT2D eigenvalue weighted by molar-refractivity contribution is 0.228. The molecule has 176 valence electrons. The van der Waals surface area contributed by atoms with Gasteiger partial charge in [-0.1, -0.05) is 30.3 Å². The van der Waals surface area contributed by atoms with Gasteiger partial charge >= 0.3 is 0 Å². The fourth-order valence-corrected chi connectivity index (χ4v) is 4.52. The molecule has 0 aliphatic heterocycles. The van der Waals surface area contributed by atoms with Crippen LogP contribution < -0.4 is 15.0 Å². The van der Waals surface area contributed by atoms with Crippen molar-refractivity contribution >= 4 is 50.7 Å². The number of hydrogen-bond donors (Lipinski definition) is 0. The average molecular weight is 579 g/mol. The topological polar surface area (TPSA) is 78.9 Å². The number of methoxy groups -OCH3 is 1. The predicted molar refractivity (Wildman–Crippen MR) is 146 cm³/mol. The molecular weight excluding hydrogens is 557 g/mol. The molecule has 0 bridgehead atoms. The Morgan fingerprint density at radius 1 is 1.09 bits per heavy atom. The van der Waals surface area contributed by atoms with Crippen LogP contribution in [-0.2, 0) is 0 Å². The number of rotatable bonds is 6. The first kappa shape index (κ1) is 23.1. The van der Waals surface area contributed by atoms with E-state index in [0.29, 0.717) is 39.6 Å². The highest BCUT2D eigenvalue weighted by atomic mass is 127. The standard InChI is InChI=1S/C27H22IN3O4/c1-16(2)34-25-20(28)12-17(13-23(25)33-3)15-29-31-26(24-14-18-8-4-7-11-22(18)35-24)30-21-10-6-5-9-19(21)27(31)32/h4-16H,1-3H3. The Morgan fingerprint density at radius 3 is 2.63 bits per heavy atom. The summed E-state index contributed by atoms with van der Waals surface area (Å²) in [7, 11) is 1.59. The van der Waals surface area contributed by atoms with Crippen LogP contribution in [0, 0.1) is 3.57 Å². The molecule has 0 saturated heterocycles. The number of para-hydroxylation sites is 2. The van der Waals surface area contributed by atoms with Crippen LogP contribution in [0.25, 0.3) is 33.5 Å². The molecular formula is C27H22IN3O4. The van der Waals surface area contributed by atoms with E-state index < -0.39 is 0 Å². The van der Waals surface area contributed by atoms with E-state index >= 15 is 0 Å². The van der Waals surface area contributed by atoms with Crippen LogP contribution in [0.4, 0.5) is 0 Å². The molecule has 0 atom stereocenters. The summed E-state index contributed by atoms with van der Waals surface area (Å²) in [5.41, 5.74) is 1.74. The van der Waals surface area contributed by atoms with Crippen molar-refractivity contribution in [2.24, 2.45) is 5.10 Å². The first-order valence-corrected chi connectivity index (χ1v) is 12.1. The third-order valence-corrected chi connectivity index (χ3v) is 6.13. The van der Waals surface area contributed by atoms with Crippen LogP contribution in [-0.4, -0.2) is 29.1 Å². The van der Waals surface area contributed by atoms with Crippen molar-refractivity contribution < 1.29 is 13.9 Å². The van der Waals surface area contributed by atoms with Crippen LogP contribution in [0.15, 0.2) is 81.0 Å². The third-order valence-electron chi connectivity index (χ3n) is 5.33. The Bertz CT molecular complexity index is 1600. The highest BCUT2D eigenvalue weighted by molar-refractivity contribution is 14.1. The molecule has 0 amide bonds. The summed E-state index contributed by atoms with van der Waals surface area (Å²) < 4.78 is 19.6. The van der Waals surface area contributed by atoms with E-state index in [9.17, 15) is 4.79 Å². The van der Waals surface area contributed by atoms with Gasteiger partial charge in [0, 0.05) is 5.39 Å². The Morgan fingerprint density at radius 2 is 1.86 bits per heavy atom. The number of fused-ring (bicyclic) bond motifs is 2. The minimum atomic E-state index is -0.288. The Hall–Kier alpha value is -3.66. The summed E-state index contributed by atoms with van der Waals surface area (Å²) in [5.74, 6) is 2.04. The van der Waals surface area contributed by atoms with Crippen molar-refractivity contribution in [2.75, 3.05) is 7.11 Å². The molecule has 2 aromatic heterocycles. The highest BCUT2D eigenvalue weighted by Gasteiger charge is 2.17. The molecule has 0 unspecified atom stereocenters. The number of halogens is 1. The lowest BCUT2D eigenvalue weighted by atomic mass is 10.2. The molecule has 0 aliphatic carbocycles. The van der Waals surface area contributed by atoms with E-state index in [1.165, 1.54) is 4.68 Å². The van der Waals surface area contributed by atoms with Gasteiger partial charge in [0.05, 0.1) is 33.9 Å². The maximum absolute atomic E-state index is 13.4. The zero-order valence-electron chi connectivity index (χ0n) is 19.4. The summed E-state index contributed by atoms with van der Waals surface area (Å²) >= 11 is 2.20. The van der Waals surface area contributed by atoms with Crippen LogP contribution in [0.3, 0.4) is 0 Å². The average Bonchev–Trinajstić information content (AvgIpc) is 3.28. The zero-order chi connectivity index (χ0) is 24.5. The first-order chi connectivity index (χ1) is 16.9. The number of benzene rings is 3. The van der Waals surface area contributed by atoms with Gasteiger partial charge in [-0.15, -0.1) is 0 Å². The second-order valence-electron chi connectivity index (χ2n) is 8.16. The van der Waals surface area contributed by atoms with Crippen molar-refractivity contribution in [3.8, 4) is 23.1 Å². The van der Waals surface area contributed by atoms with Gasteiger partial charge < -0.3 is 13.9 Å². The second kappa shape index (κ2) is 9.53. The molecule has 7 nitrogen and oxygen atoms in total. The lowest BCUT2D eigenvalue weighted by Crippen LogP contribution is -2.20. The molecule has 0 aliphatic rings. The van der Waals surface area contributed by atoms with Crippen LogP contribution in [0.5, 0.6) is 11.5 Å². The van der Waals surface area contributed by atoms with Crippen molar-refractivity contribution in [2.45, 2.75) is 20.0 Å². The monoisotopic (exact) mass is 579 g/mol. The summed E-state index contributed by atoms with van der Waals surface area (Å²) in [6.07, 6.45) is 1.61. The van der Waals surface area contributed by atoms with Crippen LogP contribution >= 0.6 is 22.6 Å². The number of furan rings is 1. The first-order valence-electron chi connectivity index (χ1n) is 11.0. The lowest BCUT2D eigenvalue weighted by Gasteiger charge is -2.15. The smallest absolute Gasteiger partial charge is 0.282 e. The number of hydrogen-bond acceptors (Lipinski definition) is 6. The largest absolute Gasteiger partial charge is 0.493 e. The van der Waals surface area contributed by atoms with E-state index in [1.807, 2.05) is 62.4 Å². The molecule has 5 rings (SSSR count). The second-order valence-corrected chi connectivity index (χ2v) is 9.33. The summed E-state index contributed by atoms with van der Waals surface area (Å²) in [5, 5.41) is 5.92. The number of aromatic nitrogens is 2. The van der Waals surface area contributed by atoms with E-state index in [2.05, 4.69) is 27.7 Å². The van der Waals surface area contributed by atoms with Gasteiger partial charge in [-0.2, -0.15) is 9.78 Å². The molecule has 35 heavy (non-hydrogen) atoms. The normalized spacial score (nSPS) is 11.7. The van der Waals surface area contributed by atoms with Gasteiger partial charge in [0.15, 0.2) is 17.3 Å². The van der Waals surface area contributed by atoms with Gasteiger partial charge in [0.25, 0.3) is 5.56 Å². The molecule has 8 heteroatoms. The van der Waals surface area contributed by atoms with E-state index in [4.69, 9.17) is 18.9 Å². The van der Waals surface area contributed by atoms with Crippen LogP contribution in [0.2, 0.25) is 0 Å². The summed E-state index contributed by atoms with van der Waals surface area (Å²) in [4.78, 5) is 18.2. The van der Waals surface area contributed by atoms with E-state index in [-0.39, 0.29) is 11.7 Å². The predicted octanol–water partition coefficient (Wildman–Crippen LogP) is 6.09. The van der Waals surface area contributed by atoms with Crippen molar-refractivity contribution in [1.29, 1.82) is 0 Å².